The van der Waals surface area contributed by atoms with E-state index in [1.165, 1.54) is 12.0 Å². The van der Waals surface area contributed by atoms with Gasteiger partial charge in [-0.05, 0) is 192 Å². The zero-order valence-electron chi connectivity index (χ0n) is 67.1. The molecule has 6 fully saturated rings. The number of anilines is 2. The summed E-state index contributed by atoms with van der Waals surface area (Å²) in [6, 6.07) is 4.15. The van der Waals surface area contributed by atoms with Crippen molar-refractivity contribution in [1.29, 1.82) is 0 Å². The first kappa shape index (κ1) is 90.1. The number of rotatable bonds is 11. The third-order valence-electron chi connectivity index (χ3n) is 24.7. The normalized spacial score (nSPS) is 34.9. The molecule has 1 aromatic carbocycles. The lowest BCUT2D eigenvalue weighted by Gasteiger charge is -2.56. The van der Waals surface area contributed by atoms with Gasteiger partial charge in [0.25, 0.3) is 11.7 Å². The molecule has 0 radical (unpaired) electrons. The fraction of sp³-hybridized carbons (Fsp3) is 0.635. The van der Waals surface area contributed by atoms with Gasteiger partial charge in [-0.3, -0.25) is 28.8 Å². The molecule has 2 aromatic rings. The van der Waals surface area contributed by atoms with Crippen LogP contribution in [-0.2, 0) is 68.4 Å². The molecular weight excluding hydrogens is 1450 g/mol. The average molecular weight is 1570 g/mol. The van der Waals surface area contributed by atoms with Crippen LogP contribution in [0.15, 0.2) is 102 Å². The number of ketones is 5. The van der Waals surface area contributed by atoms with Gasteiger partial charge in [0.2, 0.25) is 11.7 Å². The number of piperidine rings is 1. The van der Waals surface area contributed by atoms with Crippen molar-refractivity contribution in [3.63, 3.8) is 0 Å². The van der Waals surface area contributed by atoms with Crippen molar-refractivity contribution in [3.8, 4) is 11.1 Å². The number of aromatic nitrogens is 2. The molecule has 24 heteroatoms. The number of Topliss-reactive ketones (excluding diaryl/α,β-unsaturated/α-hetero) is 4. The number of nitrogens with two attached hydrogens (primary N) is 2. The van der Waals surface area contributed by atoms with Crippen LogP contribution in [0.25, 0.3) is 11.1 Å². The van der Waals surface area contributed by atoms with Crippen molar-refractivity contribution in [1.82, 2.24) is 14.9 Å². The van der Waals surface area contributed by atoms with Crippen LogP contribution in [0.2, 0.25) is 10.0 Å². The van der Waals surface area contributed by atoms with Gasteiger partial charge in [0.15, 0.2) is 11.6 Å². The van der Waals surface area contributed by atoms with Crippen LogP contribution in [0.5, 0.6) is 0 Å². The number of esters is 1. The van der Waals surface area contributed by atoms with E-state index >= 15 is 0 Å². The fourth-order valence-electron chi connectivity index (χ4n) is 18.2. The number of fused-ring (bicyclic) bond motifs is 8. The molecule has 20 atom stereocenters. The summed E-state index contributed by atoms with van der Waals surface area (Å²) in [6.07, 6.45) is 23.2. The maximum Gasteiger partial charge on any atom is 1.00 e. The van der Waals surface area contributed by atoms with Gasteiger partial charge in [0.05, 0.1) is 53.4 Å². The van der Waals surface area contributed by atoms with Crippen molar-refractivity contribution in [2.45, 2.75) is 239 Å². The average Bonchev–Trinajstić information content (AvgIpc) is 1.33. The summed E-state index contributed by atoms with van der Waals surface area (Å²) in [5, 5.41) is 33.8. The molecule has 5 aliphatic carbocycles. The number of aliphatic hydroxyl groups is 3. The molecule has 602 valence electrons. The van der Waals surface area contributed by atoms with E-state index in [0.717, 1.165) is 72.1 Å². The monoisotopic (exact) mass is 1570 g/mol. The highest BCUT2D eigenvalue weighted by atomic mass is 35.5. The summed E-state index contributed by atoms with van der Waals surface area (Å²) in [6.45, 7) is 23.6. The summed E-state index contributed by atoms with van der Waals surface area (Å²) in [5.41, 5.74) is 17.2. The van der Waals surface area contributed by atoms with Crippen LogP contribution in [0.1, 0.15) is 186 Å². The molecular formula is C85H120Cl3N5O16. The third kappa shape index (κ3) is 21.4. The number of halogens is 3. The lowest BCUT2D eigenvalue weighted by atomic mass is 9.48. The molecule has 2 saturated heterocycles. The number of methoxy groups -OCH3 is 3. The molecule has 3 aliphatic heterocycles. The van der Waals surface area contributed by atoms with Crippen LogP contribution in [0.3, 0.4) is 0 Å². The molecule has 7 N–H and O–H groups in total. The minimum Gasteiger partial charge on any atom is -1.00 e. The fourth-order valence-corrected chi connectivity index (χ4v) is 18.5. The zero-order valence-corrected chi connectivity index (χ0v) is 68.3. The highest BCUT2D eigenvalue weighted by Crippen LogP contribution is 2.64. The Kier molecular flexibility index (Phi) is 33.1. The Morgan fingerprint density at radius 1 is 0.844 bits per heavy atom. The Bertz CT molecular complexity index is 3790. The number of allylic oxidation sites excluding steroid dienone is 11. The van der Waals surface area contributed by atoms with Gasteiger partial charge < -0.3 is 72.5 Å². The van der Waals surface area contributed by atoms with Gasteiger partial charge in [0, 0.05) is 81.3 Å². The summed E-state index contributed by atoms with van der Waals surface area (Å²) in [5.74, 6) is -5.30. The van der Waals surface area contributed by atoms with Crippen LogP contribution in [0, 0.1) is 64.1 Å². The van der Waals surface area contributed by atoms with E-state index in [2.05, 4.69) is 36.5 Å². The van der Waals surface area contributed by atoms with E-state index in [9.17, 15) is 48.9 Å². The van der Waals surface area contributed by atoms with E-state index in [1.54, 1.807) is 65.4 Å². The molecule has 2 bridgehead atoms. The highest BCUT2D eigenvalue weighted by Gasteiger charge is 2.59. The van der Waals surface area contributed by atoms with Crippen molar-refractivity contribution >= 4 is 75.8 Å². The first-order valence-electron chi connectivity index (χ1n) is 38.9. The van der Waals surface area contributed by atoms with Crippen LogP contribution >= 0.6 is 23.2 Å². The topological polar surface area (TPSA) is 317 Å². The van der Waals surface area contributed by atoms with E-state index < -0.39 is 77.8 Å². The third-order valence-corrected chi connectivity index (χ3v) is 25.4. The maximum atomic E-state index is 14.5. The molecule has 4 saturated carbocycles. The number of nitrogens with zero attached hydrogens (tertiary/aromatic N) is 3. The molecule has 4 heterocycles. The highest BCUT2D eigenvalue weighted by molar-refractivity contribution is 6.42. The van der Waals surface area contributed by atoms with Gasteiger partial charge in [-0.25, -0.2) is 9.78 Å². The quantitative estimate of drug-likeness (QED) is 0.0793. The standard InChI is InChI=1S/C53H83NO14.C20H24O2.C12H12Cl2N4.ClH/c1-32-16-12-11-13-17-33(2)44(63-8)30-40-21-19-38(7)53(62,68-40)50(59)51(60)54-23-15-14-18-41(54)52(61)67-45(35(4)28-39-20-22-43(66-25-24-55)46(29-39)64-9)31-42(56)34(3)27-37(6)48(58)49(65-10)47(57)36(5)26-32;1-12-10-14-15-4-5-18(22)20(15,3)9-7-16(14)19(2)8-6-13(21)11-17(12)19;1-2-9-10(11(15)18-12(16)17-9)6-3-4-7(13)8(14)5-6;/h11-13,16-17,27,32,34-36,38-41,43-46,48-49,55,58,62H,14-15,18-26,28-31H2,1-10H3;6,8,11,14-16H,1,4-5,7,9-10H2,2-3H3;3-5H,2H2,1H3,(H4,15,16,17,18);1H/b13-11?,16-12-,33-17?,37-27-;;;/t32-,34-,35-,36-,38-,39+,40+,41+,43-,44+,45+,46-,48-,49+,53-;14-,15-,16-,19+,20-;;/m10../s1. The molecule has 8 aliphatic rings. The van der Waals surface area contributed by atoms with Crippen LogP contribution in [0.4, 0.5) is 11.8 Å². The van der Waals surface area contributed by atoms with Crippen molar-refractivity contribution in [3.05, 3.63) is 117 Å². The number of aryl methyl sites for hydroxylation is 1. The minimum absolute atomic E-state index is 0. The zero-order chi connectivity index (χ0) is 79.3. The molecule has 0 unspecified atom stereocenters. The van der Waals surface area contributed by atoms with Crippen molar-refractivity contribution in [2.75, 3.05) is 52.6 Å². The summed E-state index contributed by atoms with van der Waals surface area (Å²) >= 11 is 11.9. The Balaban J connectivity index is 0.000000358. The van der Waals surface area contributed by atoms with Gasteiger partial charge >= 0.3 is 7.40 Å². The smallest absolute Gasteiger partial charge is 1.00 e. The largest absolute Gasteiger partial charge is 1.00 e. The van der Waals surface area contributed by atoms with E-state index in [-0.39, 0.29) is 111 Å². The predicted molar refractivity (Wildman–Crippen MR) is 419 cm³/mol. The van der Waals surface area contributed by atoms with Gasteiger partial charge in [-0.2, -0.15) is 4.98 Å². The molecule has 21 nitrogen and oxygen atoms in total. The van der Waals surface area contributed by atoms with Crippen LogP contribution < -0.4 is 23.9 Å². The molecule has 10 rings (SSSR count). The van der Waals surface area contributed by atoms with E-state index in [1.807, 2.05) is 71.1 Å². The second-order valence-electron chi connectivity index (χ2n) is 32.1. The minimum atomic E-state index is -2.43. The number of amides is 1. The number of hydrogen-bond donors (Lipinski definition) is 5. The number of nitrogen functional groups attached to an aromatic ring is 2. The number of hydrogen-bond acceptors (Lipinski definition) is 20. The molecule has 109 heavy (non-hydrogen) atoms. The number of carbonyl (C=O) groups is 7. The van der Waals surface area contributed by atoms with Gasteiger partial charge in [-0.15, -0.1) is 0 Å². The Morgan fingerprint density at radius 3 is 2.26 bits per heavy atom. The maximum absolute atomic E-state index is 14.5. The first-order valence-corrected chi connectivity index (χ1v) is 39.7. The number of aliphatic hydroxyl groups excluding tert-OH is 2. The lowest BCUT2D eigenvalue weighted by molar-refractivity contribution is -0.265. The number of benzene rings is 1. The second kappa shape index (κ2) is 40.1. The predicted octanol–water partition coefficient (Wildman–Crippen LogP) is 10.5. The molecule has 1 aromatic heterocycles. The van der Waals surface area contributed by atoms with Crippen LogP contribution in [-0.4, -0.2) is 167 Å². The molecule has 1 amide bonds. The van der Waals surface area contributed by atoms with Crippen molar-refractivity contribution < 1.29 is 91.1 Å². The number of ether oxygens (including phenoxy) is 6. The Morgan fingerprint density at radius 2 is 1.58 bits per heavy atom. The summed E-state index contributed by atoms with van der Waals surface area (Å²) in [7, 11) is 4.58. The first-order chi connectivity index (χ1) is 51.2. The second-order valence-corrected chi connectivity index (χ2v) is 32.9. The van der Waals surface area contributed by atoms with E-state index in [4.69, 9.17) is 63.1 Å². The summed E-state index contributed by atoms with van der Waals surface area (Å²) < 4.78 is 35.6. The Labute approximate surface area is 662 Å². The van der Waals surface area contributed by atoms with E-state index in [0.29, 0.717) is 109 Å². The molecule has 0 spiro atoms. The lowest BCUT2D eigenvalue weighted by Crippen LogP contribution is -3.00. The van der Waals surface area contributed by atoms with Crippen molar-refractivity contribution in [2.24, 2.45) is 64.1 Å². The summed E-state index contributed by atoms with van der Waals surface area (Å²) in [4.78, 5) is 104. The Hall–Kier alpha value is -6.08. The number of cyclic esters (lactones) is 1. The number of carbonyl (C=O) groups excluding carboxylic acids is 7. The van der Waals surface area contributed by atoms with Gasteiger partial charge in [0.1, 0.15) is 41.7 Å². The van der Waals surface area contributed by atoms with Gasteiger partial charge in [-0.1, -0.05) is 139 Å². The SMILES string of the molecule is C=C1C[C@@H]2[C@H](CC[C@]3(C)C(=O)CC[C@@H]23)[C@@]2(C)C=CC(=O)C=C12.CCc1nc(N)nc(N)c1-c1ccc(Cl)c(Cl)c1.CO[C@H]1C[C@@H]2CC[C@@H](C)[C@@](O)(O2)C(=O)C(=O)N2CCCC[C@H]2C(=O)O[C@H]([C@H](C)C[C@@H]2CC[C@@H](OCCO)[C@H](OC)C2)CC(=O)[C@H](C)/C=C(/C)[C@@H](O)[C@@H](OC)C(=O)[C@H](C)C[C@H](C)/C=C\C=CC=C1C.[Cl-].[H+].